The highest BCUT2D eigenvalue weighted by molar-refractivity contribution is 7.80. The standard InChI is InChI=1S/C15H24N2S/c1-4-5-6-9-13(3)16-15(18)17-14-10-7-8-12(2)11-14/h7-8,10-11,13H,4-6,9H2,1-3H3,(H2,16,17,18). The van der Waals surface area contributed by atoms with Crippen LogP contribution in [0.2, 0.25) is 0 Å². The first kappa shape index (κ1) is 15.0. The predicted molar refractivity (Wildman–Crippen MR) is 84.1 cm³/mol. The lowest BCUT2D eigenvalue weighted by Gasteiger charge is -2.17. The van der Waals surface area contributed by atoms with Gasteiger partial charge in [0.15, 0.2) is 5.11 Å². The third-order valence-electron chi connectivity index (χ3n) is 2.89. The number of rotatable bonds is 6. The average molecular weight is 264 g/mol. The molecule has 100 valence electrons. The molecular formula is C15H24N2S. The summed E-state index contributed by atoms with van der Waals surface area (Å²) in [5, 5.41) is 7.26. The fraction of sp³-hybridized carbons (Fsp3) is 0.533. The lowest BCUT2D eigenvalue weighted by atomic mass is 10.1. The molecule has 0 saturated carbocycles. The second kappa shape index (κ2) is 8.09. The van der Waals surface area contributed by atoms with Crippen LogP contribution >= 0.6 is 12.2 Å². The fourth-order valence-corrected chi connectivity index (χ4v) is 2.21. The molecular weight excluding hydrogens is 240 g/mol. The SMILES string of the molecule is CCCCCC(C)NC(=S)Nc1cccc(C)c1. The number of unbranched alkanes of at least 4 members (excludes halogenated alkanes) is 2. The highest BCUT2D eigenvalue weighted by Crippen LogP contribution is 2.09. The molecule has 0 spiro atoms. The van der Waals surface area contributed by atoms with Gasteiger partial charge in [-0.05, 0) is 50.2 Å². The maximum absolute atomic E-state index is 5.31. The van der Waals surface area contributed by atoms with Crippen LogP contribution < -0.4 is 10.6 Å². The molecule has 0 heterocycles. The third-order valence-corrected chi connectivity index (χ3v) is 3.11. The van der Waals surface area contributed by atoms with Crippen LogP contribution in [-0.2, 0) is 0 Å². The summed E-state index contributed by atoms with van der Waals surface area (Å²) in [5.74, 6) is 0. The van der Waals surface area contributed by atoms with Crippen LogP contribution in [-0.4, -0.2) is 11.2 Å². The zero-order valence-electron chi connectivity index (χ0n) is 11.6. The summed E-state index contributed by atoms with van der Waals surface area (Å²) in [6.07, 6.45) is 4.99. The van der Waals surface area contributed by atoms with Crippen molar-refractivity contribution in [3.63, 3.8) is 0 Å². The van der Waals surface area contributed by atoms with Gasteiger partial charge in [0.25, 0.3) is 0 Å². The Labute approximate surface area is 116 Å². The van der Waals surface area contributed by atoms with Crippen molar-refractivity contribution >= 4 is 23.0 Å². The summed E-state index contributed by atoms with van der Waals surface area (Å²) in [6, 6.07) is 8.67. The van der Waals surface area contributed by atoms with E-state index in [9.17, 15) is 0 Å². The molecule has 0 bridgehead atoms. The Morgan fingerprint density at radius 2 is 2.11 bits per heavy atom. The monoisotopic (exact) mass is 264 g/mol. The van der Waals surface area contributed by atoms with E-state index < -0.39 is 0 Å². The summed E-state index contributed by atoms with van der Waals surface area (Å²) in [6.45, 7) is 6.48. The number of benzene rings is 1. The van der Waals surface area contributed by atoms with E-state index in [-0.39, 0.29) is 0 Å². The van der Waals surface area contributed by atoms with Gasteiger partial charge in [-0.3, -0.25) is 0 Å². The van der Waals surface area contributed by atoms with Gasteiger partial charge in [-0.25, -0.2) is 0 Å². The molecule has 0 fully saturated rings. The summed E-state index contributed by atoms with van der Waals surface area (Å²) < 4.78 is 0. The van der Waals surface area contributed by atoms with Crippen LogP contribution in [0, 0.1) is 6.92 Å². The van der Waals surface area contributed by atoms with Gasteiger partial charge in [-0.2, -0.15) is 0 Å². The molecule has 0 aliphatic heterocycles. The van der Waals surface area contributed by atoms with E-state index in [1.165, 1.54) is 31.2 Å². The van der Waals surface area contributed by atoms with Crippen LogP contribution in [0.1, 0.15) is 45.1 Å². The van der Waals surface area contributed by atoms with Gasteiger partial charge in [0.2, 0.25) is 0 Å². The summed E-state index contributed by atoms with van der Waals surface area (Å²) in [4.78, 5) is 0. The number of hydrogen-bond acceptors (Lipinski definition) is 1. The summed E-state index contributed by atoms with van der Waals surface area (Å²) >= 11 is 5.31. The molecule has 0 aromatic heterocycles. The fourth-order valence-electron chi connectivity index (χ4n) is 1.89. The van der Waals surface area contributed by atoms with Crippen LogP contribution in [0.15, 0.2) is 24.3 Å². The normalized spacial score (nSPS) is 11.9. The van der Waals surface area contributed by atoms with Gasteiger partial charge in [0, 0.05) is 11.7 Å². The molecule has 0 radical (unpaired) electrons. The van der Waals surface area contributed by atoms with Crippen molar-refractivity contribution in [1.29, 1.82) is 0 Å². The van der Waals surface area contributed by atoms with Crippen LogP contribution in [0.3, 0.4) is 0 Å². The number of hydrogen-bond donors (Lipinski definition) is 2. The first-order valence-electron chi connectivity index (χ1n) is 6.76. The topological polar surface area (TPSA) is 24.1 Å². The molecule has 0 saturated heterocycles. The van der Waals surface area contributed by atoms with Crippen molar-refractivity contribution in [1.82, 2.24) is 5.32 Å². The van der Waals surface area contributed by atoms with Crippen molar-refractivity contribution < 1.29 is 0 Å². The number of anilines is 1. The van der Waals surface area contributed by atoms with Crippen molar-refractivity contribution in [3.8, 4) is 0 Å². The smallest absolute Gasteiger partial charge is 0.170 e. The molecule has 1 rings (SSSR count). The van der Waals surface area contributed by atoms with E-state index in [4.69, 9.17) is 12.2 Å². The van der Waals surface area contributed by atoms with Crippen molar-refractivity contribution in [2.24, 2.45) is 0 Å². The van der Waals surface area contributed by atoms with Gasteiger partial charge in [0.1, 0.15) is 0 Å². The van der Waals surface area contributed by atoms with E-state index >= 15 is 0 Å². The Morgan fingerprint density at radius 3 is 2.78 bits per heavy atom. The lowest BCUT2D eigenvalue weighted by Crippen LogP contribution is -2.35. The van der Waals surface area contributed by atoms with E-state index in [0.29, 0.717) is 11.2 Å². The van der Waals surface area contributed by atoms with Gasteiger partial charge in [-0.1, -0.05) is 38.3 Å². The molecule has 18 heavy (non-hydrogen) atoms. The van der Waals surface area contributed by atoms with Gasteiger partial charge >= 0.3 is 0 Å². The Hall–Kier alpha value is -1.09. The molecule has 2 nitrogen and oxygen atoms in total. The second-order valence-corrected chi connectivity index (χ2v) is 5.27. The van der Waals surface area contributed by atoms with Gasteiger partial charge < -0.3 is 10.6 Å². The molecule has 0 aliphatic carbocycles. The quantitative estimate of drug-likeness (QED) is 0.593. The van der Waals surface area contributed by atoms with Gasteiger partial charge in [0.05, 0.1) is 0 Å². The van der Waals surface area contributed by atoms with Crippen molar-refractivity contribution in [3.05, 3.63) is 29.8 Å². The van der Waals surface area contributed by atoms with Crippen LogP contribution in [0.5, 0.6) is 0 Å². The van der Waals surface area contributed by atoms with E-state index in [1.54, 1.807) is 0 Å². The minimum absolute atomic E-state index is 0.432. The van der Waals surface area contributed by atoms with Crippen molar-refractivity contribution in [2.75, 3.05) is 5.32 Å². The lowest BCUT2D eigenvalue weighted by molar-refractivity contribution is 0.556. The zero-order chi connectivity index (χ0) is 13.4. The summed E-state index contributed by atoms with van der Waals surface area (Å²) in [7, 11) is 0. The highest BCUT2D eigenvalue weighted by Gasteiger charge is 2.04. The molecule has 2 N–H and O–H groups in total. The Morgan fingerprint density at radius 1 is 1.33 bits per heavy atom. The molecule has 0 aliphatic rings. The first-order valence-corrected chi connectivity index (χ1v) is 7.17. The van der Waals surface area contributed by atoms with E-state index in [1.807, 2.05) is 12.1 Å². The predicted octanol–water partition coefficient (Wildman–Crippen LogP) is 4.25. The maximum atomic E-state index is 5.31. The average Bonchev–Trinajstić information content (AvgIpc) is 2.29. The maximum Gasteiger partial charge on any atom is 0.170 e. The molecule has 1 aromatic rings. The number of aryl methyl sites for hydroxylation is 1. The molecule has 1 unspecified atom stereocenters. The summed E-state index contributed by atoms with van der Waals surface area (Å²) in [5.41, 5.74) is 2.28. The molecule has 1 atom stereocenters. The van der Waals surface area contributed by atoms with Crippen LogP contribution in [0.25, 0.3) is 0 Å². The Bertz CT molecular complexity index is 377. The Kier molecular flexibility index (Phi) is 6.73. The van der Waals surface area contributed by atoms with Gasteiger partial charge in [-0.15, -0.1) is 0 Å². The minimum atomic E-state index is 0.432. The second-order valence-electron chi connectivity index (χ2n) is 4.86. The van der Waals surface area contributed by atoms with E-state index in [0.717, 1.165) is 5.69 Å². The largest absolute Gasteiger partial charge is 0.360 e. The highest BCUT2D eigenvalue weighted by atomic mass is 32.1. The van der Waals surface area contributed by atoms with Crippen LogP contribution in [0.4, 0.5) is 5.69 Å². The number of nitrogens with one attached hydrogen (secondary N) is 2. The Balaban J connectivity index is 2.32. The first-order chi connectivity index (χ1) is 8.61. The molecule has 3 heteroatoms. The third kappa shape index (κ3) is 6.01. The zero-order valence-corrected chi connectivity index (χ0v) is 12.4. The van der Waals surface area contributed by atoms with E-state index in [2.05, 4.69) is 43.5 Å². The molecule has 0 amide bonds. The minimum Gasteiger partial charge on any atom is -0.360 e. The molecule has 1 aromatic carbocycles. The van der Waals surface area contributed by atoms with Crippen molar-refractivity contribution in [2.45, 2.75) is 52.5 Å². The number of thiocarbonyl (C=S) groups is 1.